The minimum atomic E-state index is -0.121. The van der Waals surface area contributed by atoms with Gasteiger partial charge in [-0.15, -0.1) is 0 Å². The molecule has 2 heterocycles. The zero-order chi connectivity index (χ0) is 12.7. The first-order valence-electron chi connectivity index (χ1n) is 6.19. The van der Waals surface area contributed by atoms with Gasteiger partial charge in [-0.3, -0.25) is 19.3 Å². The van der Waals surface area contributed by atoms with Crippen LogP contribution in [0, 0.1) is 0 Å². The number of hydrogen-bond donors (Lipinski definition) is 1. The number of nitrogens with zero attached hydrogens (tertiary/aromatic N) is 1. The number of carbonyl (C=O) groups is 3. The van der Waals surface area contributed by atoms with Crippen molar-refractivity contribution in [2.45, 2.75) is 45.4 Å². The molecule has 2 aliphatic rings. The van der Waals surface area contributed by atoms with Crippen molar-refractivity contribution in [2.24, 2.45) is 0 Å². The van der Waals surface area contributed by atoms with Gasteiger partial charge in [-0.1, -0.05) is 0 Å². The summed E-state index contributed by atoms with van der Waals surface area (Å²) < 4.78 is 0. The first-order valence-corrected chi connectivity index (χ1v) is 6.19. The maximum absolute atomic E-state index is 10.9. The fourth-order valence-corrected chi connectivity index (χ4v) is 1.87. The Kier molecular flexibility index (Phi) is 5.66. The van der Waals surface area contributed by atoms with Crippen LogP contribution in [-0.2, 0) is 14.4 Å². The fraction of sp³-hybridized carbons (Fsp3) is 0.750. The zero-order valence-corrected chi connectivity index (χ0v) is 10.3. The Bertz CT molecular complexity index is 294. The molecule has 1 N–H and O–H groups in total. The maximum Gasteiger partial charge on any atom is 0.229 e. The summed E-state index contributed by atoms with van der Waals surface area (Å²) >= 11 is 0. The first kappa shape index (κ1) is 13.7. The molecule has 0 saturated carbocycles. The molecule has 2 rings (SSSR count). The minimum absolute atomic E-state index is 0.0150. The third-order valence-electron chi connectivity index (χ3n) is 2.86. The SMILES string of the molecule is CC(=O)N1CCCCC1=O.O=C1CCCCN1. The van der Waals surface area contributed by atoms with Gasteiger partial charge in [0.2, 0.25) is 17.7 Å². The molecule has 5 nitrogen and oxygen atoms in total. The molecule has 0 bridgehead atoms. The van der Waals surface area contributed by atoms with Gasteiger partial charge < -0.3 is 5.32 Å². The summed E-state index contributed by atoms with van der Waals surface area (Å²) in [6, 6.07) is 0. The van der Waals surface area contributed by atoms with Crippen LogP contribution in [0.4, 0.5) is 0 Å². The molecule has 0 spiro atoms. The van der Waals surface area contributed by atoms with E-state index in [1.165, 1.54) is 11.8 Å². The van der Waals surface area contributed by atoms with Crippen molar-refractivity contribution < 1.29 is 14.4 Å². The number of nitrogens with one attached hydrogen (secondary N) is 1. The highest BCUT2D eigenvalue weighted by atomic mass is 16.2. The molecule has 0 atom stereocenters. The standard InChI is InChI=1S/C7H11NO2.C5H9NO/c1-6(9)8-5-3-2-4-7(8)10;7-5-3-1-2-4-6-5/h2-5H2,1H3;1-4H2,(H,6,7). The lowest BCUT2D eigenvalue weighted by Gasteiger charge is -2.22. The molecular formula is C12H20N2O3. The van der Waals surface area contributed by atoms with Gasteiger partial charge in [-0.2, -0.15) is 0 Å². The Labute approximate surface area is 102 Å². The topological polar surface area (TPSA) is 66.5 Å². The van der Waals surface area contributed by atoms with Crippen molar-refractivity contribution in [2.75, 3.05) is 13.1 Å². The molecule has 17 heavy (non-hydrogen) atoms. The average Bonchev–Trinajstić information content (AvgIpc) is 2.31. The average molecular weight is 240 g/mol. The van der Waals surface area contributed by atoms with E-state index in [-0.39, 0.29) is 17.7 Å². The lowest BCUT2D eigenvalue weighted by Crippen LogP contribution is -2.38. The van der Waals surface area contributed by atoms with Crippen LogP contribution in [0.2, 0.25) is 0 Å². The summed E-state index contributed by atoms with van der Waals surface area (Å²) in [5.41, 5.74) is 0. The smallest absolute Gasteiger partial charge is 0.229 e. The van der Waals surface area contributed by atoms with Crippen molar-refractivity contribution in [3.63, 3.8) is 0 Å². The number of imide groups is 1. The van der Waals surface area contributed by atoms with Crippen molar-refractivity contribution >= 4 is 17.7 Å². The number of carbonyl (C=O) groups excluding carboxylic acids is 3. The van der Waals surface area contributed by atoms with Gasteiger partial charge in [0.05, 0.1) is 0 Å². The Morgan fingerprint density at radius 1 is 1.12 bits per heavy atom. The Morgan fingerprint density at radius 2 is 1.82 bits per heavy atom. The molecule has 2 fully saturated rings. The molecular weight excluding hydrogens is 220 g/mol. The molecule has 3 amide bonds. The van der Waals surface area contributed by atoms with E-state index in [0.29, 0.717) is 13.0 Å². The fourth-order valence-electron chi connectivity index (χ4n) is 1.87. The van der Waals surface area contributed by atoms with E-state index in [0.717, 1.165) is 38.6 Å². The highest BCUT2D eigenvalue weighted by Crippen LogP contribution is 2.09. The van der Waals surface area contributed by atoms with Crippen LogP contribution in [0.25, 0.3) is 0 Å². The highest BCUT2D eigenvalue weighted by Gasteiger charge is 2.20. The largest absolute Gasteiger partial charge is 0.356 e. The summed E-state index contributed by atoms with van der Waals surface area (Å²) in [4.78, 5) is 33.3. The second-order valence-corrected chi connectivity index (χ2v) is 4.33. The quantitative estimate of drug-likeness (QED) is 0.682. The van der Waals surface area contributed by atoms with E-state index >= 15 is 0 Å². The number of piperidine rings is 2. The molecule has 2 saturated heterocycles. The van der Waals surface area contributed by atoms with Crippen LogP contribution in [0.3, 0.4) is 0 Å². The Morgan fingerprint density at radius 3 is 2.18 bits per heavy atom. The summed E-state index contributed by atoms with van der Waals surface area (Å²) in [7, 11) is 0. The zero-order valence-electron chi connectivity index (χ0n) is 10.3. The molecule has 0 radical (unpaired) electrons. The van der Waals surface area contributed by atoms with Gasteiger partial charge in [0.25, 0.3) is 0 Å². The number of amides is 3. The lowest BCUT2D eigenvalue weighted by molar-refractivity contribution is -0.145. The van der Waals surface area contributed by atoms with Crippen LogP contribution in [0.5, 0.6) is 0 Å². The minimum Gasteiger partial charge on any atom is -0.356 e. The summed E-state index contributed by atoms with van der Waals surface area (Å²) in [6.07, 6.45) is 5.41. The molecule has 0 unspecified atom stereocenters. The van der Waals surface area contributed by atoms with E-state index in [1.807, 2.05) is 0 Å². The van der Waals surface area contributed by atoms with Gasteiger partial charge in [-0.05, 0) is 25.7 Å². The molecule has 0 aromatic rings. The summed E-state index contributed by atoms with van der Waals surface area (Å²) in [6.45, 7) is 2.94. The van der Waals surface area contributed by atoms with E-state index in [9.17, 15) is 14.4 Å². The van der Waals surface area contributed by atoms with Crippen molar-refractivity contribution in [1.82, 2.24) is 10.2 Å². The normalized spacial score (nSPS) is 20.2. The van der Waals surface area contributed by atoms with Crippen LogP contribution in [0.1, 0.15) is 45.4 Å². The molecule has 0 aliphatic carbocycles. The second kappa shape index (κ2) is 7.04. The predicted molar refractivity (Wildman–Crippen MR) is 63.1 cm³/mol. The Balaban J connectivity index is 0.000000181. The summed E-state index contributed by atoms with van der Waals surface area (Å²) in [5, 5.41) is 2.74. The van der Waals surface area contributed by atoms with Gasteiger partial charge in [0.15, 0.2) is 0 Å². The lowest BCUT2D eigenvalue weighted by atomic mass is 10.1. The monoisotopic (exact) mass is 240 g/mol. The number of rotatable bonds is 0. The maximum atomic E-state index is 10.9. The molecule has 5 heteroatoms. The second-order valence-electron chi connectivity index (χ2n) is 4.33. The number of hydrogen-bond acceptors (Lipinski definition) is 3. The van der Waals surface area contributed by atoms with Gasteiger partial charge >= 0.3 is 0 Å². The van der Waals surface area contributed by atoms with E-state index < -0.39 is 0 Å². The van der Waals surface area contributed by atoms with E-state index in [4.69, 9.17) is 0 Å². The van der Waals surface area contributed by atoms with Crippen LogP contribution < -0.4 is 5.32 Å². The molecule has 2 aliphatic heterocycles. The third kappa shape index (κ3) is 4.97. The predicted octanol–water partition coefficient (Wildman–Crippen LogP) is 0.832. The summed E-state index contributed by atoms with van der Waals surface area (Å²) in [5.74, 6) is 0.0784. The molecule has 96 valence electrons. The number of likely N-dealkylation sites (tertiary alicyclic amines) is 1. The third-order valence-corrected chi connectivity index (χ3v) is 2.86. The highest BCUT2D eigenvalue weighted by molar-refractivity contribution is 5.94. The Hall–Kier alpha value is -1.39. The molecule has 0 aromatic carbocycles. The van der Waals surface area contributed by atoms with Crippen molar-refractivity contribution in [1.29, 1.82) is 0 Å². The van der Waals surface area contributed by atoms with Gasteiger partial charge in [0.1, 0.15) is 0 Å². The van der Waals surface area contributed by atoms with Crippen molar-refractivity contribution in [3.8, 4) is 0 Å². The van der Waals surface area contributed by atoms with Crippen LogP contribution in [-0.4, -0.2) is 35.7 Å². The van der Waals surface area contributed by atoms with Gasteiger partial charge in [0, 0.05) is 32.9 Å². The van der Waals surface area contributed by atoms with Gasteiger partial charge in [-0.25, -0.2) is 0 Å². The van der Waals surface area contributed by atoms with Crippen molar-refractivity contribution in [3.05, 3.63) is 0 Å². The van der Waals surface area contributed by atoms with Crippen LogP contribution >= 0.6 is 0 Å². The first-order chi connectivity index (χ1) is 8.11. The van der Waals surface area contributed by atoms with Crippen LogP contribution in [0.15, 0.2) is 0 Å². The molecule has 0 aromatic heterocycles. The van der Waals surface area contributed by atoms with E-state index in [1.54, 1.807) is 0 Å². The van der Waals surface area contributed by atoms with E-state index in [2.05, 4.69) is 5.32 Å².